The van der Waals surface area contributed by atoms with E-state index in [9.17, 15) is 0 Å². The van der Waals surface area contributed by atoms with Crippen LogP contribution in [0.1, 0.15) is 0 Å². The van der Waals surface area contributed by atoms with Gasteiger partial charge in [-0.2, -0.15) is 0 Å². The minimum atomic E-state index is -2.33. The van der Waals surface area contributed by atoms with E-state index < -0.39 is 6.16 Å². The number of carboxylic acid groups (broad SMARTS) is 2. The monoisotopic (exact) mass is 180 g/mol. The molecular weight excluding hydrogens is 178 g/mol. The smallest absolute Gasteiger partial charge is 0.870 e. The van der Waals surface area contributed by atoms with Gasteiger partial charge in [0.1, 0.15) is 0 Å². The van der Waals surface area contributed by atoms with Gasteiger partial charge in [0, 0.05) is 0 Å². The molecule has 0 saturated carbocycles. The Morgan fingerprint density at radius 1 is 1.00 bits per heavy atom. The third kappa shape index (κ3) is 124. The van der Waals surface area contributed by atoms with Crippen LogP contribution in [0.25, 0.3) is 0 Å². The summed E-state index contributed by atoms with van der Waals surface area (Å²) in [5, 5.41) is 16.7. The van der Waals surface area contributed by atoms with Crippen molar-refractivity contribution in [3.8, 4) is 0 Å². The number of carbonyl (C=O) groups is 1. The van der Waals surface area contributed by atoms with E-state index in [1.165, 1.54) is 0 Å². The molecule has 0 saturated heterocycles. The van der Waals surface area contributed by atoms with Gasteiger partial charge in [0.2, 0.25) is 0 Å². The summed E-state index contributed by atoms with van der Waals surface area (Å²) in [5.74, 6) is 0. The van der Waals surface area contributed by atoms with E-state index in [0.717, 1.165) is 0 Å². The van der Waals surface area contributed by atoms with Crippen LogP contribution in [0, 0.1) is 0 Å². The quantitative estimate of drug-likeness (QED) is 0.342. The summed E-state index contributed by atoms with van der Waals surface area (Å²) in [7, 11) is 0. The molecule has 0 heterocycles. The van der Waals surface area contributed by atoms with Gasteiger partial charge < -0.3 is 26.0 Å². The molecule has 8 heteroatoms. The van der Waals surface area contributed by atoms with Crippen LogP contribution in [-0.2, 0) is 0 Å². The maximum Gasteiger partial charge on any atom is 2.00 e. The van der Waals surface area contributed by atoms with Gasteiger partial charge in [0.25, 0.3) is 0 Å². The molecule has 0 amide bonds. The van der Waals surface area contributed by atoms with Gasteiger partial charge in [-0.1, -0.05) is 0 Å². The number of carbonyl (C=O) groups excluding carboxylic acids is 1. The summed E-state index contributed by atoms with van der Waals surface area (Å²) in [5.41, 5.74) is 0. The average Bonchev–Trinajstić information content (AvgIpc) is 0.811. The van der Waals surface area contributed by atoms with E-state index in [2.05, 4.69) is 0 Å². The van der Waals surface area contributed by atoms with E-state index in [1.807, 2.05) is 0 Å². The van der Waals surface area contributed by atoms with E-state index in [4.69, 9.17) is 15.0 Å². The van der Waals surface area contributed by atoms with Gasteiger partial charge in [0.15, 0.2) is 0 Å². The Bertz CT molecular complexity index is 37.9. The summed E-state index contributed by atoms with van der Waals surface area (Å²) in [4.78, 5) is 8.33. The topological polar surface area (TPSA) is 123 Å². The third-order valence-electron chi connectivity index (χ3n) is 0. The van der Waals surface area contributed by atoms with Crippen LogP contribution in [0.15, 0.2) is 0 Å². The van der Waals surface area contributed by atoms with E-state index in [0.29, 0.717) is 0 Å². The van der Waals surface area contributed by atoms with Gasteiger partial charge >= 0.3 is 96.9 Å². The minimum absolute atomic E-state index is 0. The Kier molecular flexibility index (Phi) is 147. The van der Waals surface area contributed by atoms with E-state index in [1.54, 1.807) is 0 Å². The summed E-state index contributed by atoms with van der Waals surface area (Å²) in [6.45, 7) is 0. The zero-order valence-electron chi connectivity index (χ0n) is 5.33. The zero-order chi connectivity index (χ0) is 3.58. The first-order valence-electron chi connectivity index (χ1n) is 0.612. The van der Waals surface area contributed by atoms with Crippen molar-refractivity contribution >= 4 is 43.9 Å². The van der Waals surface area contributed by atoms with Gasteiger partial charge in [-0.3, -0.25) is 0 Å². The van der Waals surface area contributed by atoms with Crippen molar-refractivity contribution in [3.05, 3.63) is 0 Å². The number of rotatable bonds is 0. The summed E-state index contributed by atoms with van der Waals surface area (Å²) >= 11 is 0. The van der Waals surface area contributed by atoms with Crippen molar-refractivity contribution in [2.75, 3.05) is 0 Å². The van der Waals surface area contributed by atoms with Gasteiger partial charge in [0.05, 0.1) is 0 Å². The van der Waals surface area contributed by atoms with Crippen LogP contribution in [0.5, 0.6) is 0 Å². The minimum Gasteiger partial charge on any atom is -0.870 e. The molecule has 0 rings (SSSR count). The van der Waals surface area contributed by atoms with Crippen LogP contribution >= 0.6 is 0 Å². The molecule has 0 aliphatic rings. The van der Waals surface area contributed by atoms with Crippen molar-refractivity contribution in [2.24, 2.45) is 0 Å². The Labute approximate surface area is 126 Å². The zero-order valence-corrected chi connectivity index (χ0v) is 11.5. The van der Waals surface area contributed by atoms with Crippen molar-refractivity contribution < 1.29 is 85.1 Å². The average molecular weight is 180 g/mol. The number of hydrogen-bond donors (Lipinski definition) is 0. The summed E-state index contributed by atoms with van der Waals surface area (Å²) in [6.07, 6.45) is -2.33. The first kappa shape index (κ1) is 42.1. The van der Waals surface area contributed by atoms with Crippen molar-refractivity contribution in [3.63, 3.8) is 0 Å². The Morgan fingerprint density at radius 3 is 1.00 bits per heavy atom. The van der Waals surface area contributed by atoms with Crippen molar-refractivity contribution in [2.45, 2.75) is 0 Å². The fraction of sp³-hybridized carbons (Fsp3) is 0. The van der Waals surface area contributed by atoms with E-state index in [-0.39, 0.29) is 108 Å². The van der Waals surface area contributed by atoms with Crippen LogP contribution in [0.3, 0.4) is 0 Å². The fourth-order valence-corrected chi connectivity index (χ4v) is 0. The molecular formula is CH2CaNa2O5. The Hall–Kier alpha value is 2.45. The van der Waals surface area contributed by atoms with Crippen LogP contribution in [0.4, 0.5) is 4.79 Å². The fourth-order valence-electron chi connectivity index (χ4n) is 0. The normalized spacial score (nSPS) is 2.67. The predicted molar refractivity (Wildman–Crippen MR) is 15.0 cm³/mol. The second-order valence-electron chi connectivity index (χ2n) is 0.250. The summed E-state index contributed by atoms with van der Waals surface area (Å²) in [6, 6.07) is 0. The van der Waals surface area contributed by atoms with Gasteiger partial charge in [-0.25, -0.2) is 0 Å². The SMILES string of the molecule is O=C([O-])[O-].[Ca+2].[Na+].[Na+].[OH-].[OH-]. The molecule has 0 aromatic heterocycles. The molecule has 40 valence electrons. The maximum atomic E-state index is 8.33. The standard InChI is InChI=1S/CH2O3.Ca.2Na.2H2O/c2-1(3)4;;;;;/h(H2,2,3,4);;;;2*1H2/q;+2;2*+1;;/p-4. The predicted octanol–water partition coefficient (Wildman–Crippen LogP) is -9.17. The molecule has 0 spiro atoms. The summed E-state index contributed by atoms with van der Waals surface area (Å²) < 4.78 is 0. The number of hydrogen-bond acceptors (Lipinski definition) is 5. The molecule has 0 radical (unpaired) electrons. The first-order chi connectivity index (χ1) is 1.73. The Morgan fingerprint density at radius 2 is 1.00 bits per heavy atom. The van der Waals surface area contributed by atoms with Gasteiger partial charge in [-0.15, -0.1) is 0 Å². The second-order valence-corrected chi connectivity index (χ2v) is 0.250. The molecule has 9 heavy (non-hydrogen) atoms. The van der Waals surface area contributed by atoms with Gasteiger partial charge in [-0.05, 0) is 6.16 Å². The largest absolute Gasteiger partial charge is 2.00 e. The third-order valence-corrected chi connectivity index (χ3v) is 0. The molecule has 0 aliphatic carbocycles. The molecule has 0 unspecified atom stereocenters. The van der Waals surface area contributed by atoms with Crippen LogP contribution < -0.4 is 69.3 Å². The Balaban J connectivity index is -0.00000000450. The molecule has 0 aromatic carbocycles. The molecule has 2 N–H and O–H groups in total. The first-order valence-corrected chi connectivity index (χ1v) is 0.612. The molecule has 0 fully saturated rings. The molecule has 0 aliphatic heterocycles. The second kappa shape index (κ2) is 31.4. The van der Waals surface area contributed by atoms with Crippen molar-refractivity contribution in [1.82, 2.24) is 0 Å². The molecule has 0 bridgehead atoms. The van der Waals surface area contributed by atoms with E-state index >= 15 is 0 Å². The van der Waals surface area contributed by atoms with Crippen molar-refractivity contribution in [1.29, 1.82) is 0 Å². The van der Waals surface area contributed by atoms with Crippen LogP contribution in [-0.4, -0.2) is 54.8 Å². The van der Waals surface area contributed by atoms with Crippen LogP contribution in [0.2, 0.25) is 0 Å². The molecule has 0 aromatic rings. The molecule has 5 nitrogen and oxygen atoms in total. The molecule has 0 atom stereocenters. The maximum absolute atomic E-state index is 8.33.